The number of guanidine groups is 1. The normalized spacial score (nSPS) is 16.4. The van der Waals surface area contributed by atoms with Crippen molar-refractivity contribution in [2.75, 3.05) is 39.8 Å². The average molecular weight is 519 g/mol. The Hall–Kier alpha value is -1.75. The van der Waals surface area contributed by atoms with Gasteiger partial charge in [0.25, 0.3) is 0 Å². The second-order valence-electron chi connectivity index (χ2n) is 7.19. The highest BCUT2D eigenvalue weighted by atomic mass is 127. The summed E-state index contributed by atoms with van der Waals surface area (Å²) >= 11 is 0. The minimum atomic E-state index is -0.559. The minimum absolute atomic E-state index is 0. The first-order valence-corrected chi connectivity index (χ1v) is 9.51. The quantitative estimate of drug-likeness (QED) is 0.373. The molecule has 1 fully saturated rings. The second kappa shape index (κ2) is 10.9. The van der Waals surface area contributed by atoms with Gasteiger partial charge in [-0.05, 0) is 18.6 Å². The van der Waals surface area contributed by atoms with Crippen molar-refractivity contribution in [1.29, 1.82) is 0 Å². The molecule has 1 aliphatic rings. The molecule has 0 amide bonds. The number of rotatable bonds is 5. The van der Waals surface area contributed by atoms with Crippen LogP contribution in [0.3, 0.4) is 0 Å². The van der Waals surface area contributed by atoms with Crippen molar-refractivity contribution in [1.82, 2.24) is 20.3 Å². The lowest BCUT2D eigenvalue weighted by molar-refractivity contribution is 0.169. The molecule has 2 heterocycles. The molecule has 1 aromatic heterocycles. The van der Waals surface area contributed by atoms with E-state index in [9.17, 15) is 8.78 Å². The first-order valence-electron chi connectivity index (χ1n) is 9.51. The van der Waals surface area contributed by atoms with Crippen LogP contribution in [0.1, 0.15) is 29.9 Å². The summed E-state index contributed by atoms with van der Waals surface area (Å²) in [5.74, 6) is 0.446. The van der Waals surface area contributed by atoms with Gasteiger partial charge in [0.1, 0.15) is 17.4 Å². The maximum absolute atomic E-state index is 14.0. The number of nitrogens with one attached hydrogen (secondary N) is 1. The Labute approximate surface area is 187 Å². The van der Waals surface area contributed by atoms with E-state index >= 15 is 0 Å². The van der Waals surface area contributed by atoms with E-state index in [-0.39, 0.29) is 29.9 Å². The number of nitrogens with zero attached hydrogens (tertiary/aromatic N) is 4. The van der Waals surface area contributed by atoms with Crippen LogP contribution < -0.4 is 5.32 Å². The lowest BCUT2D eigenvalue weighted by Crippen LogP contribution is -2.52. The standard InChI is InChI=1S/C20H27F2N5O.HI/c1-14(18-5-4-16(21)11-19(18)22)12-24-20(23-3)27-8-6-26(7-9-27)13-17-10-15(2)28-25-17;/h4-5,10-11,14H,6-9,12-13H2,1-3H3,(H,23,24);1H. The Balaban J connectivity index is 0.00000300. The predicted octanol–water partition coefficient (Wildman–Crippen LogP) is 3.38. The van der Waals surface area contributed by atoms with Gasteiger partial charge in [-0.3, -0.25) is 9.89 Å². The highest BCUT2D eigenvalue weighted by molar-refractivity contribution is 14.0. The fraction of sp³-hybridized carbons (Fsp3) is 0.500. The summed E-state index contributed by atoms with van der Waals surface area (Å²) in [5, 5.41) is 7.37. The average Bonchev–Trinajstić information content (AvgIpc) is 3.08. The number of hydrogen-bond donors (Lipinski definition) is 1. The smallest absolute Gasteiger partial charge is 0.193 e. The van der Waals surface area contributed by atoms with Crippen LogP contribution in [0, 0.1) is 18.6 Å². The Morgan fingerprint density at radius 3 is 2.55 bits per heavy atom. The van der Waals surface area contributed by atoms with E-state index in [4.69, 9.17) is 4.52 Å². The maximum atomic E-state index is 14.0. The number of aryl methyl sites for hydroxylation is 1. The maximum Gasteiger partial charge on any atom is 0.193 e. The molecule has 0 radical (unpaired) electrons. The summed E-state index contributed by atoms with van der Waals surface area (Å²) in [7, 11) is 1.75. The van der Waals surface area contributed by atoms with E-state index in [1.54, 1.807) is 7.05 Å². The molecule has 1 unspecified atom stereocenters. The molecule has 1 aromatic carbocycles. The summed E-state index contributed by atoms with van der Waals surface area (Å²) in [5.41, 5.74) is 1.45. The summed E-state index contributed by atoms with van der Waals surface area (Å²) < 4.78 is 32.2. The predicted molar refractivity (Wildman–Crippen MR) is 120 cm³/mol. The van der Waals surface area contributed by atoms with Gasteiger partial charge >= 0.3 is 0 Å². The molecule has 1 saturated heterocycles. The molecule has 0 spiro atoms. The topological polar surface area (TPSA) is 56.9 Å². The van der Waals surface area contributed by atoms with Crippen LogP contribution in [-0.2, 0) is 6.54 Å². The summed E-state index contributed by atoms with van der Waals surface area (Å²) in [6.07, 6.45) is 0. The molecule has 6 nitrogen and oxygen atoms in total. The van der Waals surface area contributed by atoms with Crippen LogP contribution in [0.25, 0.3) is 0 Å². The summed E-state index contributed by atoms with van der Waals surface area (Å²) in [4.78, 5) is 8.88. The van der Waals surface area contributed by atoms with E-state index in [0.29, 0.717) is 12.1 Å². The van der Waals surface area contributed by atoms with Gasteiger partial charge in [0, 0.05) is 64.4 Å². The van der Waals surface area contributed by atoms with E-state index < -0.39 is 11.6 Å². The number of hydrogen-bond acceptors (Lipinski definition) is 4. The zero-order valence-electron chi connectivity index (χ0n) is 17.0. The largest absolute Gasteiger partial charge is 0.361 e. The van der Waals surface area contributed by atoms with Gasteiger partial charge in [0.2, 0.25) is 0 Å². The Morgan fingerprint density at radius 2 is 1.97 bits per heavy atom. The van der Waals surface area contributed by atoms with E-state index in [0.717, 1.165) is 56.2 Å². The summed E-state index contributed by atoms with van der Waals surface area (Å²) in [6, 6.07) is 5.68. The highest BCUT2D eigenvalue weighted by Crippen LogP contribution is 2.19. The van der Waals surface area contributed by atoms with Crippen LogP contribution in [0.5, 0.6) is 0 Å². The number of aromatic nitrogens is 1. The second-order valence-corrected chi connectivity index (χ2v) is 7.19. The van der Waals surface area contributed by atoms with Gasteiger partial charge in [0.15, 0.2) is 5.96 Å². The molecule has 0 aliphatic carbocycles. The number of halogens is 3. The molecule has 2 aromatic rings. The third-order valence-electron chi connectivity index (χ3n) is 5.01. The van der Waals surface area contributed by atoms with Gasteiger partial charge in [0.05, 0.1) is 5.69 Å². The van der Waals surface area contributed by atoms with Crippen LogP contribution in [0.15, 0.2) is 33.8 Å². The molecule has 3 rings (SSSR count). The number of piperazine rings is 1. The van der Waals surface area contributed by atoms with Crippen molar-refractivity contribution in [2.45, 2.75) is 26.3 Å². The van der Waals surface area contributed by atoms with Gasteiger partial charge in [-0.2, -0.15) is 0 Å². The molecule has 1 N–H and O–H groups in total. The van der Waals surface area contributed by atoms with Crippen molar-refractivity contribution in [3.8, 4) is 0 Å². The number of aliphatic imine (C=N–C) groups is 1. The first-order chi connectivity index (χ1) is 13.5. The summed E-state index contributed by atoms with van der Waals surface area (Å²) in [6.45, 7) is 8.58. The lowest BCUT2D eigenvalue weighted by Gasteiger charge is -2.36. The molecule has 1 atom stereocenters. The Kier molecular flexibility index (Phi) is 8.81. The van der Waals surface area contributed by atoms with E-state index in [1.807, 2.05) is 19.9 Å². The minimum Gasteiger partial charge on any atom is -0.361 e. The molecule has 29 heavy (non-hydrogen) atoms. The monoisotopic (exact) mass is 519 g/mol. The van der Waals surface area contributed by atoms with E-state index in [1.165, 1.54) is 12.1 Å². The van der Waals surface area contributed by atoms with Crippen LogP contribution in [0.2, 0.25) is 0 Å². The zero-order valence-corrected chi connectivity index (χ0v) is 19.3. The van der Waals surface area contributed by atoms with E-state index in [2.05, 4.69) is 25.3 Å². The molecular formula is C20H28F2IN5O. The third kappa shape index (κ3) is 6.36. The van der Waals surface area contributed by atoms with Gasteiger partial charge in [-0.15, -0.1) is 24.0 Å². The first kappa shape index (κ1) is 23.5. The molecule has 9 heteroatoms. The van der Waals surface area contributed by atoms with Crippen LogP contribution in [-0.4, -0.2) is 60.7 Å². The Morgan fingerprint density at radius 1 is 1.24 bits per heavy atom. The molecular weight excluding hydrogens is 491 g/mol. The van der Waals surface area contributed by atoms with Crippen LogP contribution in [0.4, 0.5) is 8.78 Å². The van der Waals surface area contributed by atoms with Crippen molar-refractivity contribution >= 4 is 29.9 Å². The van der Waals surface area contributed by atoms with Gasteiger partial charge < -0.3 is 14.7 Å². The fourth-order valence-electron chi connectivity index (χ4n) is 3.43. The molecule has 0 bridgehead atoms. The zero-order chi connectivity index (χ0) is 20.1. The van der Waals surface area contributed by atoms with Crippen molar-refractivity contribution in [3.63, 3.8) is 0 Å². The Bertz CT molecular complexity index is 821. The van der Waals surface area contributed by atoms with Gasteiger partial charge in [-0.25, -0.2) is 8.78 Å². The van der Waals surface area contributed by atoms with Crippen molar-refractivity contribution in [3.05, 3.63) is 52.9 Å². The van der Waals surface area contributed by atoms with Crippen molar-refractivity contribution in [2.24, 2.45) is 4.99 Å². The number of benzene rings is 1. The molecule has 1 aliphatic heterocycles. The molecule has 0 saturated carbocycles. The SMILES string of the molecule is CN=C(NCC(C)c1ccc(F)cc1F)N1CCN(Cc2cc(C)on2)CC1.I. The fourth-order valence-corrected chi connectivity index (χ4v) is 3.43. The third-order valence-corrected chi connectivity index (χ3v) is 5.01. The lowest BCUT2D eigenvalue weighted by atomic mass is 10.0. The van der Waals surface area contributed by atoms with Crippen molar-refractivity contribution < 1.29 is 13.3 Å². The van der Waals surface area contributed by atoms with Crippen LogP contribution >= 0.6 is 24.0 Å². The molecule has 160 valence electrons. The highest BCUT2D eigenvalue weighted by Gasteiger charge is 2.21. The van der Waals surface area contributed by atoms with Gasteiger partial charge in [-0.1, -0.05) is 18.1 Å².